The molecule has 0 bridgehead atoms. The van der Waals surface area contributed by atoms with Gasteiger partial charge in [-0.05, 0) is 63.9 Å². The molecule has 1 unspecified atom stereocenters. The average Bonchev–Trinajstić information content (AvgIpc) is 3.23. The van der Waals surface area contributed by atoms with Crippen molar-refractivity contribution in [2.75, 3.05) is 0 Å². The molecule has 1 saturated carbocycles. The number of allylic oxidation sites excluding steroid dienone is 1. The Hall–Kier alpha value is -3.53. The highest BCUT2D eigenvalue weighted by Gasteiger charge is 2.25. The van der Waals surface area contributed by atoms with E-state index in [1.54, 1.807) is 26.1 Å². The number of oxime groups is 1. The first-order chi connectivity index (χ1) is 17.2. The molecule has 1 aromatic heterocycles. The zero-order valence-electron chi connectivity index (χ0n) is 20.2. The van der Waals surface area contributed by atoms with Crippen LogP contribution >= 0.6 is 11.6 Å². The molecule has 0 spiro atoms. The maximum atomic E-state index is 14.8. The van der Waals surface area contributed by atoms with E-state index in [0.29, 0.717) is 28.6 Å². The van der Waals surface area contributed by atoms with Crippen LogP contribution < -0.4 is 10.6 Å². The van der Waals surface area contributed by atoms with Gasteiger partial charge in [-0.25, -0.2) is 8.78 Å². The van der Waals surface area contributed by atoms with Crippen LogP contribution in [0.5, 0.6) is 0 Å². The zero-order chi connectivity index (χ0) is 26.2. The van der Waals surface area contributed by atoms with Gasteiger partial charge in [0, 0.05) is 28.7 Å². The molecule has 3 N–H and O–H groups in total. The average molecular weight is 519 g/mol. The molecular formula is C25H29ClF2N6O2. The number of hydrogen-bond acceptors (Lipinski definition) is 5. The summed E-state index contributed by atoms with van der Waals surface area (Å²) in [5.74, 6) is -1.12. The second-order valence-electron chi connectivity index (χ2n) is 8.60. The van der Waals surface area contributed by atoms with E-state index in [2.05, 4.69) is 44.1 Å². The summed E-state index contributed by atoms with van der Waals surface area (Å²) in [7, 11) is 0. The Morgan fingerprint density at radius 2 is 2.03 bits per heavy atom. The fraction of sp³-hybridized carbons (Fsp3) is 0.360. The number of hydrogen-bond donors (Lipinski definition) is 3. The number of rotatable bonds is 9. The highest BCUT2D eigenvalue weighted by atomic mass is 35.5. The maximum Gasteiger partial charge on any atom is 0.269 e. The Morgan fingerprint density at radius 3 is 2.72 bits per heavy atom. The van der Waals surface area contributed by atoms with Gasteiger partial charge in [-0.3, -0.25) is 14.8 Å². The molecule has 1 heterocycles. The monoisotopic (exact) mass is 518 g/mol. The van der Waals surface area contributed by atoms with E-state index in [0.717, 1.165) is 25.5 Å². The van der Waals surface area contributed by atoms with Crippen LogP contribution in [0, 0.1) is 5.82 Å². The van der Waals surface area contributed by atoms with E-state index in [4.69, 9.17) is 16.4 Å². The lowest BCUT2D eigenvalue weighted by molar-refractivity contribution is -0.115. The summed E-state index contributed by atoms with van der Waals surface area (Å²) in [4.78, 5) is 28.1. The number of benzene rings is 1. The summed E-state index contributed by atoms with van der Waals surface area (Å²) in [6.07, 6.45) is 5.51. The molecule has 11 heteroatoms. The molecule has 8 nitrogen and oxygen atoms in total. The van der Waals surface area contributed by atoms with E-state index in [9.17, 15) is 13.6 Å². The molecule has 2 atom stereocenters. The molecule has 36 heavy (non-hydrogen) atoms. The van der Waals surface area contributed by atoms with Gasteiger partial charge < -0.3 is 20.5 Å². The van der Waals surface area contributed by atoms with Crippen molar-refractivity contribution in [3.63, 3.8) is 0 Å². The summed E-state index contributed by atoms with van der Waals surface area (Å²) in [6, 6.07) is 2.57. The molecule has 3 rings (SSSR count). The first kappa shape index (κ1) is 27.1. The highest BCUT2D eigenvalue weighted by Crippen LogP contribution is 2.26. The van der Waals surface area contributed by atoms with Gasteiger partial charge in [-0.1, -0.05) is 23.3 Å². The molecular weight excluding hydrogens is 490 g/mol. The third kappa shape index (κ3) is 7.24. The van der Waals surface area contributed by atoms with Gasteiger partial charge in [0.1, 0.15) is 17.3 Å². The molecule has 0 saturated heterocycles. The minimum absolute atomic E-state index is 0.00354. The Bertz CT molecular complexity index is 1240. The van der Waals surface area contributed by atoms with E-state index in [1.165, 1.54) is 6.07 Å². The number of fused-ring (bicyclic) bond motifs is 1. The Morgan fingerprint density at radius 1 is 1.31 bits per heavy atom. The first-order valence-electron chi connectivity index (χ1n) is 11.4. The van der Waals surface area contributed by atoms with Gasteiger partial charge in [-0.2, -0.15) is 0 Å². The fourth-order valence-electron chi connectivity index (χ4n) is 3.96. The largest absolute Gasteiger partial charge is 0.365 e. The predicted octanol–water partition coefficient (Wildman–Crippen LogP) is 5.31. The molecule has 1 aromatic carbocycles. The smallest absolute Gasteiger partial charge is 0.269 e. The fourth-order valence-corrected chi connectivity index (χ4v) is 4.16. The van der Waals surface area contributed by atoms with Gasteiger partial charge in [0.2, 0.25) is 0 Å². The molecule has 1 aliphatic carbocycles. The third-order valence-electron chi connectivity index (χ3n) is 5.65. The van der Waals surface area contributed by atoms with Crippen molar-refractivity contribution in [1.82, 2.24) is 15.6 Å². The molecule has 1 fully saturated rings. The van der Waals surface area contributed by atoms with E-state index in [-0.39, 0.29) is 41.1 Å². The number of carbonyl (C=O) groups excluding carboxylic acids is 1. The number of amidine groups is 1. The SMILES string of the molecule is C=N/C=C(/F)C(=NCc1c[nH]c2c(F)cc(Cl)cc12)N[C@H]1CCCC(NC(=O)/C(C)=N/OC(=C)C)C1. The van der Waals surface area contributed by atoms with E-state index >= 15 is 0 Å². The summed E-state index contributed by atoms with van der Waals surface area (Å²) in [5, 5.41) is 10.6. The lowest BCUT2D eigenvalue weighted by atomic mass is 9.90. The lowest BCUT2D eigenvalue weighted by Gasteiger charge is -2.31. The number of nitrogens with zero attached hydrogens (tertiary/aromatic N) is 3. The summed E-state index contributed by atoms with van der Waals surface area (Å²) < 4.78 is 28.9. The first-order valence-corrected chi connectivity index (χ1v) is 11.8. The van der Waals surface area contributed by atoms with Gasteiger partial charge in [0.05, 0.1) is 18.3 Å². The third-order valence-corrected chi connectivity index (χ3v) is 5.87. The number of carbonyl (C=O) groups is 1. The number of aromatic nitrogens is 1. The molecule has 2 aromatic rings. The molecule has 1 amide bonds. The number of halogens is 3. The van der Waals surface area contributed by atoms with Crippen LogP contribution in [0.25, 0.3) is 10.9 Å². The van der Waals surface area contributed by atoms with Crippen molar-refractivity contribution in [2.24, 2.45) is 15.1 Å². The van der Waals surface area contributed by atoms with Crippen molar-refractivity contribution in [3.05, 3.63) is 59.1 Å². The zero-order valence-corrected chi connectivity index (χ0v) is 21.0. The van der Waals surface area contributed by atoms with Crippen LogP contribution in [0.2, 0.25) is 5.02 Å². The number of aliphatic imine (C=N–C) groups is 2. The summed E-state index contributed by atoms with van der Waals surface area (Å²) >= 11 is 6.00. The van der Waals surface area contributed by atoms with Crippen LogP contribution in [0.1, 0.15) is 45.1 Å². The lowest BCUT2D eigenvalue weighted by Crippen LogP contribution is -2.47. The van der Waals surface area contributed by atoms with Crippen LogP contribution in [0.4, 0.5) is 8.78 Å². The van der Waals surface area contributed by atoms with Crippen LogP contribution in [0.15, 0.2) is 57.8 Å². The van der Waals surface area contributed by atoms with Gasteiger partial charge >= 0.3 is 0 Å². The second kappa shape index (κ2) is 12.4. The van der Waals surface area contributed by atoms with Crippen LogP contribution in [0.3, 0.4) is 0 Å². The maximum absolute atomic E-state index is 14.8. The van der Waals surface area contributed by atoms with Gasteiger partial charge in [-0.15, -0.1) is 0 Å². The standard InChI is InChI=1S/C25H29ClF2N6O2/c1-14(2)36-34-15(3)25(35)33-19-7-5-6-18(10-19)32-24(22(28)13-29-4)31-12-16-11-30-23-20(16)8-17(26)9-21(23)27/h8-9,11,13,18-19,30H,1,4-7,10,12H2,2-3H3,(H,31,32)(H,33,35)/b22-13+,34-15+/t18-,19?/m0/s1. The van der Waals surface area contributed by atoms with Crippen molar-refractivity contribution in [1.29, 1.82) is 0 Å². The molecule has 1 aliphatic rings. The van der Waals surface area contributed by atoms with Crippen LogP contribution in [-0.2, 0) is 16.2 Å². The molecule has 192 valence electrons. The molecule has 0 radical (unpaired) electrons. The summed E-state index contributed by atoms with van der Waals surface area (Å²) in [6.45, 7) is 10.1. The van der Waals surface area contributed by atoms with Gasteiger partial charge in [0.25, 0.3) is 5.91 Å². The Kier molecular flexibility index (Phi) is 9.35. The topological polar surface area (TPSA) is 103 Å². The van der Waals surface area contributed by atoms with Crippen molar-refractivity contribution < 1.29 is 18.4 Å². The number of amides is 1. The van der Waals surface area contributed by atoms with E-state index in [1.807, 2.05) is 0 Å². The van der Waals surface area contributed by atoms with Crippen LogP contribution in [-0.4, -0.2) is 41.2 Å². The van der Waals surface area contributed by atoms with Crippen molar-refractivity contribution >= 4 is 46.7 Å². The summed E-state index contributed by atoms with van der Waals surface area (Å²) in [5.41, 5.74) is 1.14. The normalized spacial score (nSPS) is 19.2. The van der Waals surface area contributed by atoms with Crippen molar-refractivity contribution in [3.8, 4) is 0 Å². The number of aromatic amines is 1. The predicted molar refractivity (Wildman–Crippen MR) is 139 cm³/mol. The minimum Gasteiger partial charge on any atom is -0.365 e. The highest BCUT2D eigenvalue weighted by molar-refractivity contribution is 6.37. The van der Waals surface area contributed by atoms with Gasteiger partial charge in [0.15, 0.2) is 11.7 Å². The quantitative estimate of drug-likeness (QED) is 0.181. The molecule has 0 aliphatic heterocycles. The van der Waals surface area contributed by atoms with Crippen molar-refractivity contribution in [2.45, 2.75) is 58.2 Å². The number of nitrogens with one attached hydrogen (secondary N) is 3. The Balaban J connectivity index is 1.72. The van der Waals surface area contributed by atoms with E-state index < -0.39 is 11.6 Å². The number of H-pyrrole nitrogens is 1. The Labute approximate surface area is 213 Å². The second-order valence-corrected chi connectivity index (χ2v) is 9.03. The minimum atomic E-state index is -0.680.